The van der Waals surface area contributed by atoms with Crippen LogP contribution in [0.1, 0.15) is 33.3 Å². The number of para-hydroxylation sites is 1. The van der Waals surface area contributed by atoms with Gasteiger partial charge in [-0.15, -0.1) is 10.2 Å². The zero-order valence-corrected chi connectivity index (χ0v) is 21.5. The van der Waals surface area contributed by atoms with Crippen LogP contribution in [0.4, 0.5) is 5.69 Å². The number of allylic oxidation sites excluding steroid dienone is 2. The number of hydrogen-bond acceptors (Lipinski definition) is 6. The molecule has 0 unspecified atom stereocenters. The number of thioether (sulfide) groups is 1. The Morgan fingerprint density at radius 2 is 1.82 bits per heavy atom. The molecule has 0 aliphatic carbocycles. The fraction of sp³-hybridized carbons (Fsp3) is 0.370. The van der Waals surface area contributed by atoms with Crippen molar-refractivity contribution in [2.24, 2.45) is 5.92 Å². The number of carbonyl (C=O) groups is 1. The third kappa shape index (κ3) is 4.62. The van der Waals surface area contributed by atoms with Crippen molar-refractivity contribution in [3.05, 3.63) is 65.9 Å². The maximum absolute atomic E-state index is 13.0. The molecule has 4 rings (SSSR count). The van der Waals surface area contributed by atoms with Crippen LogP contribution in [0.5, 0.6) is 5.75 Å². The Morgan fingerprint density at radius 3 is 2.47 bits per heavy atom. The predicted octanol–water partition coefficient (Wildman–Crippen LogP) is 5.58. The number of likely N-dealkylation sites (N-methyl/N-ethyl adjacent to an activating group) is 1. The highest BCUT2D eigenvalue weighted by atomic mass is 32.2. The van der Waals surface area contributed by atoms with Crippen molar-refractivity contribution in [1.82, 2.24) is 14.8 Å². The van der Waals surface area contributed by atoms with Crippen LogP contribution in [0.15, 0.2) is 65.5 Å². The summed E-state index contributed by atoms with van der Waals surface area (Å²) in [7, 11) is 3.68. The summed E-state index contributed by atoms with van der Waals surface area (Å²) < 4.78 is 7.38. The maximum Gasteiger partial charge on any atom is 0.191 e. The average molecular weight is 477 g/mol. The van der Waals surface area contributed by atoms with E-state index in [1.807, 2.05) is 37.4 Å². The molecule has 0 bridgehead atoms. The highest BCUT2D eigenvalue weighted by molar-refractivity contribution is 7.99. The number of nitrogens with zero attached hydrogens (tertiary/aromatic N) is 4. The Bertz CT molecular complexity index is 1210. The van der Waals surface area contributed by atoms with Gasteiger partial charge in [-0.05, 0) is 41.8 Å². The third-order valence-electron chi connectivity index (χ3n) is 6.19. The van der Waals surface area contributed by atoms with Gasteiger partial charge in [0.2, 0.25) is 0 Å². The van der Waals surface area contributed by atoms with Gasteiger partial charge in [-0.25, -0.2) is 0 Å². The van der Waals surface area contributed by atoms with Crippen LogP contribution in [-0.2, 0) is 16.8 Å². The molecule has 0 N–H and O–H groups in total. The molecular weight excluding hydrogens is 444 g/mol. The maximum atomic E-state index is 13.0. The standard InChI is InChI=1S/C27H32N4O2S/c1-18(2)16-31-25(19-11-13-21(33-6)14-12-19)28-29-26(31)34-17-20(32)15-24-27(3,4)22-9-7-8-10-23(22)30(24)5/h7-15,18H,16-17H2,1-6H3. The minimum atomic E-state index is -0.217. The number of rotatable bonds is 8. The molecule has 2 heterocycles. The lowest BCUT2D eigenvalue weighted by Crippen LogP contribution is -2.24. The van der Waals surface area contributed by atoms with Crippen molar-refractivity contribution >= 4 is 23.2 Å². The van der Waals surface area contributed by atoms with Gasteiger partial charge in [0, 0.05) is 42.0 Å². The van der Waals surface area contributed by atoms with Crippen molar-refractivity contribution < 1.29 is 9.53 Å². The van der Waals surface area contributed by atoms with Gasteiger partial charge in [0.25, 0.3) is 0 Å². The van der Waals surface area contributed by atoms with E-state index in [9.17, 15) is 4.79 Å². The fourth-order valence-corrected chi connectivity index (χ4v) is 5.24. The Balaban J connectivity index is 1.54. The molecule has 178 valence electrons. The first kappa shape index (κ1) is 24.1. The number of hydrogen-bond donors (Lipinski definition) is 0. The van der Waals surface area contributed by atoms with Gasteiger partial charge in [0.05, 0.1) is 12.9 Å². The van der Waals surface area contributed by atoms with Gasteiger partial charge >= 0.3 is 0 Å². The number of ketones is 1. The number of methoxy groups -OCH3 is 1. The molecule has 0 spiro atoms. The van der Waals surface area contributed by atoms with E-state index >= 15 is 0 Å². The summed E-state index contributed by atoms with van der Waals surface area (Å²) >= 11 is 1.44. The second-order valence-corrected chi connectivity index (χ2v) is 10.5. The molecule has 7 heteroatoms. The lowest BCUT2D eigenvalue weighted by molar-refractivity contribution is -0.112. The van der Waals surface area contributed by atoms with Crippen LogP contribution >= 0.6 is 11.8 Å². The molecule has 1 aliphatic heterocycles. The first-order chi connectivity index (χ1) is 16.2. The summed E-state index contributed by atoms with van der Waals surface area (Å²) in [6, 6.07) is 16.1. The number of carbonyl (C=O) groups excluding carboxylic acids is 1. The van der Waals surface area contributed by atoms with Crippen LogP contribution in [0.2, 0.25) is 0 Å². The van der Waals surface area contributed by atoms with E-state index < -0.39 is 0 Å². The second kappa shape index (κ2) is 9.66. The first-order valence-electron chi connectivity index (χ1n) is 11.5. The zero-order chi connectivity index (χ0) is 24.5. The van der Waals surface area contributed by atoms with Crippen molar-refractivity contribution in [1.29, 1.82) is 0 Å². The molecule has 6 nitrogen and oxygen atoms in total. The Hall–Kier alpha value is -3.06. The lowest BCUT2D eigenvalue weighted by atomic mass is 9.83. The Labute approximate surface area is 206 Å². The second-order valence-electron chi connectivity index (χ2n) is 9.52. The molecule has 0 atom stereocenters. The minimum Gasteiger partial charge on any atom is -0.497 e. The SMILES string of the molecule is COc1ccc(-c2nnc(SCC(=O)C=C3N(C)c4ccccc4C3(C)C)n2CC(C)C)cc1. The smallest absolute Gasteiger partial charge is 0.191 e. The van der Waals surface area contributed by atoms with Gasteiger partial charge < -0.3 is 14.2 Å². The summed E-state index contributed by atoms with van der Waals surface area (Å²) in [6.45, 7) is 9.44. The largest absolute Gasteiger partial charge is 0.497 e. The average Bonchev–Trinajstić information content (AvgIpc) is 3.29. The normalized spacial score (nSPS) is 15.7. The summed E-state index contributed by atoms with van der Waals surface area (Å²) in [5.74, 6) is 2.39. The van der Waals surface area contributed by atoms with E-state index in [0.29, 0.717) is 11.7 Å². The predicted molar refractivity (Wildman–Crippen MR) is 139 cm³/mol. The van der Waals surface area contributed by atoms with Crippen LogP contribution in [0.25, 0.3) is 11.4 Å². The van der Waals surface area contributed by atoms with E-state index in [4.69, 9.17) is 4.74 Å². The zero-order valence-electron chi connectivity index (χ0n) is 20.7. The van der Waals surface area contributed by atoms with Crippen LogP contribution in [0, 0.1) is 5.92 Å². The highest BCUT2D eigenvalue weighted by Crippen LogP contribution is 2.46. The van der Waals surface area contributed by atoms with Crippen molar-refractivity contribution in [2.75, 3.05) is 24.8 Å². The van der Waals surface area contributed by atoms with E-state index in [0.717, 1.165) is 40.2 Å². The summed E-state index contributed by atoms with van der Waals surface area (Å²) in [6.07, 6.45) is 1.79. The molecule has 0 radical (unpaired) electrons. The monoisotopic (exact) mass is 476 g/mol. The third-order valence-corrected chi connectivity index (χ3v) is 7.18. The van der Waals surface area contributed by atoms with Gasteiger partial charge in [-0.1, -0.05) is 57.7 Å². The molecule has 3 aromatic rings. The van der Waals surface area contributed by atoms with E-state index in [1.54, 1.807) is 13.2 Å². The number of benzene rings is 2. The van der Waals surface area contributed by atoms with Crippen LogP contribution < -0.4 is 9.64 Å². The lowest BCUT2D eigenvalue weighted by Gasteiger charge is -2.23. The van der Waals surface area contributed by atoms with Gasteiger partial charge in [-0.3, -0.25) is 4.79 Å². The van der Waals surface area contributed by atoms with Crippen LogP contribution in [0.3, 0.4) is 0 Å². The number of fused-ring (bicyclic) bond motifs is 1. The van der Waals surface area contributed by atoms with Crippen molar-refractivity contribution in [3.63, 3.8) is 0 Å². The van der Waals surface area contributed by atoms with Crippen molar-refractivity contribution in [3.8, 4) is 17.1 Å². The van der Waals surface area contributed by atoms with E-state index in [-0.39, 0.29) is 11.2 Å². The Kier molecular flexibility index (Phi) is 6.84. The van der Waals surface area contributed by atoms with E-state index in [2.05, 4.69) is 65.6 Å². The molecule has 0 amide bonds. The van der Waals surface area contributed by atoms with Gasteiger partial charge in [0.1, 0.15) is 5.75 Å². The Morgan fingerprint density at radius 1 is 1.12 bits per heavy atom. The number of anilines is 1. The van der Waals surface area contributed by atoms with Crippen molar-refractivity contribution in [2.45, 2.75) is 44.8 Å². The quantitative estimate of drug-likeness (QED) is 0.312. The van der Waals surface area contributed by atoms with Gasteiger partial charge in [-0.2, -0.15) is 0 Å². The number of ether oxygens (including phenoxy) is 1. The van der Waals surface area contributed by atoms with E-state index in [1.165, 1.54) is 17.3 Å². The molecule has 0 saturated carbocycles. The topological polar surface area (TPSA) is 60.3 Å². The van der Waals surface area contributed by atoms with Crippen LogP contribution in [-0.4, -0.2) is 40.5 Å². The van der Waals surface area contributed by atoms with Gasteiger partial charge in [0.15, 0.2) is 16.8 Å². The highest BCUT2D eigenvalue weighted by Gasteiger charge is 2.38. The molecule has 1 aromatic heterocycles. The molecule has 0 saturated heterocycles. The molecular formula is C27H32N4O2S. The number of aromatic nitrogens is 3. The molecule has 34 heavy (non-hydrogen) atoms. The summed E-state index contributed by atoms with van der Waals surface area (Å²) in [5.41, 5.74) is 4.17. The fourth-order valence-electron chi connectivity index (χ4n) is 4.47. The first-order valence-corrected chi connectivity index (χ1v) is 12.5. The molecule has 0 fully saturated rings. The molecule has 2 aromatic carbocycles. The minimum absolute atomic E-state index is 0.0674. The summed E-state index contributed by atoms with van der Waals surface area (Å²) in [4.78, 5) is 15.2. The molecule has 1 aliphatic rings. The summed E-state index contributed by atoms with van der Waals surface area (Å²) in [5, 5.41) is 9.64.